The van der Waals surface area contributed by atoms with Crippen LogP contribution in [0.25, 0.3) is 22.0 Å². The molecule has 0 saturated heterocycles. The molecule has 2 heterocycles. The van der Waals surface area contributed by atoms with Crippen LogP contribution in [0, 0.1) is 0 Å². The molecule has 1 aliphatic heterocycles. The van der Waals surface area contributed by atoms with Crippen LogP contribution in [0.1, 0.15) is 16.7 Å². The van der Waals surface area contributed by atoms with Crippen LogP contribution in [-0.4, -0.2) is 11.2 Å². The molecule has 2 N–H and O–H groups in total. The minimum atomic E-state index is 0.742. The van der Waals surface area contributed by atoms with Crippen LogP contribution in [0.5, 0.6) is 0 Å². The number of hydrogen-bond acceptors (Lipinski definition) is 0. The molecule has 0 amide bonds. The summed E-state index contributed by atoms with van der Waals surface area (Å²) in [6.45, 7) is 0. The molecule has 1 aromatic heterocycles. The maximum absolute atomic E-state index is 6.13. The molecule has 0 unspecified atom stereocenters. The van der Waals surface area contributed by atoms with Gasteiger partial charge in [-0.15, -0.1) is 0 Å². The summed E-state index contributed by atoms with van der Waals surface area (Å²) in [5.74, 6) is 0. The smallest absolute Gasteiger partial charge is 0.211 e. The average molecular weight is 356 g/mol. The van der Waals surface area contributed by atoms with Crippen LogP contribution < -0.4 is 4.99 Å². The number of rotatable bonds is 2. The summed E-state index contributed by atoms with van der Waals surface area (Å²) in [5, 5.41) is 1.95. The van der Waals surface area contributed by atoms with Crippen molar-refractivity contribution in [3.8, 4) is 0 Å². The first-order valence-corrected chi connectivity index (χ1v) is 8.95. The summed E-state index contributed by atoms with van der Waals surface area (Å²) in [6.07, 6.45) is 4.19. The topological polar surface area (TPSA) is 29.8 Å². The van der Waals surface area contributed by atoms with Gasteiger partial charge in [0, 0.05) is 39.3 Å². The third-order valence-electron chi connectivity index (χ3n) is 4.85. The van der Waals surface area contributed by atoms with E-state index >= 15 is 0 Å². The highest BCUT2D eigenvalue weighted by molar-refractivity contribution is 6.30. The van der Waals surface area contributed by atoms with E-state index in [1.807, 2.05) is 12.1 Å². The van der Waals surface area contributed by atoms with Gasteiger partial charge in [0.2, 0.25) is 5.69 Å². The van der Waals surface area contributed by atoms with E-state index in [1.165, 1.54) is 27.7 Å². The van der Waals surface area contributed by atoms with Gasteiger partial charge in [0.05, 0.1) is 11.1 Å². The molecule has 0 bridgehead atoms. The molecule has 3 heteroatoms. The van der Waals surface area contributed by atoms with Crippen molar-refractivity contribution in [3.63, 3.8) is 0 Å². The summed E-state index contributed by atoms with van der Waals surface area (Å²) < 4.78 is 0. The van der Waals surface area contributed by atoms with Gasteiger partial charge in [-0.25, -0.2) is 4.99 Å². The number of allylic oxidation sites excluding steroid dienone is 1. The van der Waals surface area contributed by atoms with Crippen molar-refractivity contribution in [2.75, 3.05) is 0 Å². The molecule has 1 aliphatic rings. The van der Waals surface area contributed by atoms with Crippen LogP contribution >= 0.6 is 11.6 Å². The molecule has 3 aromatic carbocycles. The molecule has 0 radical (unpaired) electrons. The maximum atomic E-state index is 6.13. The molecule has 0 atom stereocenters. The molecule has 0 spiro atoms. The molecular formula is C23H16ClN2+. The van der Waals surface area contributed by atoms with E-state index in [2.05, 4.69) is 83.1 Å². The summed E-state index contributed by atoms with van der Waals surface area (Å²) in [5.41, 5.74) is 8.19. The van der Waals surface area contributed by atoms with E-state index in [-0.39, 0.29) is 0 Å². The minimum absolute atomic E-state index is 0.742. The fourth-order valence-corrected chi connectivity index (χ4v) is 3.76. The van der Waals surface area contributed by atoms with Gasteiger partial charge >= 0.3 is 0 Å². The zero-order valence-corrected chi connectivity index (χ0v) is 14.7. The molecule has 2 nitrogen and oxygen atoms in total. The number of fused-ring (bicyclic) bond motifs is 2. The average Bonchev–Trinajstić information content (AvgIpc) is 3.29. The van der Waals surface area contributed by atoms with Gasteiger partial charge in [0.25, 0.3) is 0 Å². The summed E-state index contributed by atoms with van der Waals surface area (Å²) in [4.78, 5) is 6.81. The fourth-order valence-electron chi connectivity index (χ4n) is 3.63. The SMILES string of the molecule is Clc1ccc(C(=C2C=[NH+]c3ccccc32)c2c[nH]c3ccccc23)cc1. The Bertz CT molecular complexity index is 1180. The lowest BCUT2D eigenvalue weighted by Gasteiger charge is -2.10. The number of nitrogens with one attached hydrogen (secondary N) is 2. The number of para-hydroxylation sites is 2. The van der Waals surface area contributed by atoms with Crippen molar-refractivity contribution in [2.45, 2.75) is 0 Å². The molecule has 0 aliphatic carbocycles. The first-order chi connectivity index (χ1) is 12.8. The molecule has 0 saturated carbocycles. The van der Waals surface area contributed by atoms with Crippen LogP contribution in [0.3, 0.4) is 0 Å². The van der Waals surface area contributed by atoms with Crippen molar-refractivity contribution in [3.05, 3.63) is 101 Å². The minimum Gasteiger partial charge on any atom is -0.361 e. The van der Waals surface area contributed by atoms with Gasteiger partial charge < -0.3 is 4.98 Å². The Kier molecular flexibility index (Phi) is 3.51. The van der Waals surface area contributed by atoms with Crippen molar-refractivity contribution >= 4 is 45.6 Å². The Labute approximate surface area is 156 Å². The van der Waals surface area contributed by atoms with Crippen LogP contribution in [-0.2, 0) is 0 Å². The molecule has 124 valence electrons. The summed E-state index contributed by atoms with van der Waals surface area (Å²) in [7, 11) is 0. The second-order valence-corrected chi connectivity index (χ2v) is 6.81. The molecule has 5 rings (SSSR count). The summed E-state index contributed by atoms with van der Waals surface area (Å²) in [6, 6.07) is 24.8. The van der Waals surface area contributed by atoms with Crippen molar-refractivity contribution in [1.29, 1.82) is 0 Å². The number of benzene rings is 3. The Hall–Kier alpha value is -3.10. The Morgan fingerprint density at radius 3 is 2.50 bits per heavy atom. The third kappa shape index (κ3) is 2.39. The van der Waals surface area contributed by atoms with Gasteiger partial charge in [-0.1, -0.05) is 54.1 Å². The maximum Gasteiger partial charge on any atom is 0.211 e. The second kappa shape index (κ2) is 6.01. The van der Waals surface area contributed by atoms with Gasteiger partial charge in [0.1, 0.15) is 0 Å². The number of halogens is 1. The highest BCUT2D eigenvalue weighted by atomic mass is 35.5. The van der Waals surface area contributed by atoms with E-state index in [1.54, 1.807) is 0 Å². The van der Waals surface area contributed by atoms with E-state index in [0.29, 0.717) is 0 Å². The van der Waals surface area contributed by atoms with E-state index in [9.17, 15) is 0 Å². The Balaban J connectivity index is 1.85. The van der Waals surface area contributed by atoms with Gasteiger partial charge in [0.15, 0.2) is 6.21 Å². The normalized spacial score (nSPS) is 14.7. The highest BCUT2D eigenvalue weighted by Gasteiger charge is 2.24. The molecule has 26 heavy (non-hydrogen) atoms. The second-order valence-electron chi connectivity index (χ2n) is 6.38. The van der Waals surface area contributed by atoms with E-state index in [0.717, 1.165) is 21.8 Å². The largest absolute Gasteiger partial charge is 0.361 e. The molecule has 0 fully saturated rings. The fraction of sp³-hybridized carbons (Fsp3) is 0. The third-order valence-corrected chi connectivity index (χ3v) is 5.10. The Morgan fingerprint density at radius 2 is 1.62 bits per heavy atom. The zero-order valence-electron chi connectivity index (χ0n) is 14.0. The quantitative estimate of drug-likeness (QED) is 0.527. The van der Waals surface area contributed by atoms with E-state index < -0.39 is 0 Å². The number of hydrogen-bond donors (Lipinski definition) is 2. The van der Waals surface area contributed by atoms with E-state index in [4.69, 9.17) is 11.6 Å². The highest BCUT2D eigenvalue weighted by Crippen LogP contribution is 2.37. The van der Waals surface area contributed by atoms with Gasteiger partial charge in [-0.2, -0.15) is 0 Å². The number of aromatic nitrogens is 1. The van der Waals surface area contributed by atoms with Gasteiger partial charge in [-0.05, 0) is 29.8 Å². The van der Waals surface area contributed by atoms with Crippen molar-refractivity contribution in [2.24, 2.45) is 0 Å². The zero-order chi connectivity index (χ0) is 17.5. The number of aromatic amines is 1. The predicted molar refractivity (Wildman–Crippen MR) is 109 cm³/mol. The Morgan fingerprint density at radius 1 is 0.846 bits per heavy atom. The lowest BCUT2D eigenvalue weighted by molar-refractivity contribution is -0.342. The van der Waals surface area contributed by atoms with Gasteiger partial charge in [-0.3, -0.25) is 0 Å². The first-order valence-electron chi connectivity index (χ1n) is 8.57. The first kappa shape index (κ1) is 15.2. The lowest BCUT2D eigenvalue weighted by atomic mass is 9.90. The van der Waals surface area contributed by atoms with Crippen molar-refractivity contribution < 1.29 is 4.99 Å². The number of H-pyrrole nitrogens is 1. The van der Waals surface area contributed by atoms with Crippen LogP contribution in [0.4, 0.5) is 5.69 Å². The molecular weight excluding hydrogens is 340 g/mol. The van der Waals surface area contributed by atoms with Crippen LogP contribution in [0.15, 0.2) is 79.0 Å². The summed E-state index contributed by atoms with van der Waals surface area (Å²) >= 11 is 6.13. The van der Waals surface area contributed by atoms with Crippen LogP contribution in [0.2, 0.25) is 5.02 Å². The van der Waals surface area contributed by atoms with Crippen molar-refractivity contribution in [1.82, 2.24) is 4.98 Å². The monoisotopic (exact) mass is 355 g/mol. The predicted octanol–water partition coefficient (Wildman–Crippen LogP) is 4.58. The molecule has 4 aromatic rings. The lowest BCUT2D eigenvalue weighted by Crippen LogP contribution is -2.58. The standard InChI is InChI=1S/C23H15ClN2/c24-16-11-9-15(10-12-16)23(19-13-25-21-7-3-1-5-17(19)21)20-14-26-22-8-4-2-6-18(20)22/h1-14,25H/p+1.